The molecule has 0 heterocycles. The summed E-state index contributed by atoms with van der Waals surface area (Å²) in [6.45, 7) is 4.60. The van der Waals surface area contributed by atoms with Crippen LogP contribution in [0.2, 0.25) is 0 Å². The van der Waals surface area contributed by atoms with Crippen LogP contribution in [-0.4, -0.2) is 43.4 Å². The average Bonchev–Trinajstić information content (AvgIpc) is 2.42. The van der Waals surface area contributed by atoms with Crippen LogP contribution in [0.1, 0.15) is 20.3 Å². The lowest BCUT2D eigenvalue weighted by Gasteiger charge is -2.23. The molecule has 7 heteroatoms. The monoisotopic (exact) mass is 327 g/mol. The highest BCUT2D eigenvalue weighted by molar-refractivity contribution is 6.39. The quantitative estimate of drug-likeness (QED) is 0.786. The predicted octanol–water partition coefficient (Wildman–Crippen LogP) is 2.00. The molecule has 1 unspecified atom stereocenters. The summed E-state index contributed by atoms with van der Waals surface area (Å²) < 4.78 is 26.6. The van der Waals surface area contributed by atoms with Crippen molar-refractivity contribution in [3.63, 3.8) is 0 Å². The Hall–Kier alpha value is -2.02. The summed E-state index contributed by atoms with van der Waals surface area (Å²) in [7, 11) is 3.73. The Balaban J connectivity index is 2.71. The molecule has 2 N–H and O–H groups in total. The molecule has 1 rings (SSSR count). The van der Waals surface area contributed by atoms with Crippen LogP contribution >= 0.6 is 0 Å². The molecule has 0 radical (unpaired) electrons. The largest absolute Gasteiger partial charge is 0.344 e. The van der Waals surface area contributed by atoms with E-state index in [1.165, 1.54) is 12.1 Å². The normalized spacial score (nSPS) is 12.3. The molecule has 0 fully saturated rings. The van der Waals surface area contributed by atoms with E-state index in [1.54, 1.807) is 0 Å². The summed E-state index contributed by atoms with van der Waals surface area (Å²) in [6.07, 6.45) is 0.700. The van der Waals surface area contributed by atoms with Gasteiger partial charge in [-0.2, -0.15) is 0 Å². The van der Waals surface area contributed by atoms with Gasteiger partial charge in [0.2, 0.25) is 0 Å². The molecule has 1 aromatic carbocycles. The number of hydrogen-bond donors (Lipinski definition) is 2. The maximum absolute atomic E-state index is 13.5. The lowest BCUT2D eigenvalue weighted by Crippen LogP contribution is -2.46. The van der Waals surface area contributed by atoms with Gasteiger partial charge in [-0.05, 0) is 38.6 Å². The number of halogens is 2. The summed E-state index contributed by atoms with van der Waals surface area (Å²) >= 11 is 0. The van der Waals surface area contributed by atoms with Crippen molar-refractivity contribution < 1.29 is 18.4 Å². The fraction of sp³-hybridized carbons (Fsp3) is 0.500. The topological polar surface area (TPSA) is 61.4 Å². The summed E-state index contributed by atoms with van der Waals surface area (Å²) in [5.74, 6) is -3.85. The molecule has 5 nitrogen and oxygen atoms in total. The maximum Gasteiger partial charge on any atom is 0.313 e. The standard InChI is InChI=1S/C16H23F2N3O2/c1-10(2)8-11(9-21(3)4)19-15(22)16(23)20-13-7-5-6-12(17)14(13)18/h5-7,10-11H,8-9H2,1-4H3,(H,19,22)(H,20,23). The molecule has 128 valence electrons. The number of nitrogens with one attached hydrogen (secondary N) is 2. The van der Waals surface area contributed by atoms with Crippen LogP contribution in [0.3, 0.4) is 0 Å². The molecule has 23 heavy (non-hydrogen) atoms. The van der Waals surface area contributed by atoms with Crippen LogP contribution in [0, 0.1) is 17.6 Å². The van der Waals surface area contributed by atoms with Gasteiger partial charge in [-0.15, -0.1) is 0 Å². The van der Waals surface area contributed by atoms with Crippen LogP contribution in [0.25, 0.3) is 0 Å². The second-order valence-corrected chi connectivity index (χ2v) is 6.12. The Morgan fingerprint density at radius 1 is 1.17 bits per heavy atom. The van der Waals surface area contributed by atoms with E-state index < -0.39 is 23.4 Å². The molecule has 1 atom stereocenters. The Morgan fingerprint density at radius 2 is 1.83 bits per heavy atom. The molecule has 0 aliphatic carbocycles. The van der Waals surface area contributed by atoms with Gasteiger partial charge in [0.15, 0.2) is 11.6 Å². The minimum absolute atomic E-state index is 0.208. The number of amides is 2. The minimum atomic E-state index is -1.19. The molecule has 0 aliphatic heterocycles. The van der Waals surface area contributed by atoms with Crippen LogP contribution in [0.15, 0.2) is 18.2 Å². The Labute approximate surface area is 135 Å². The van der Waals surface area contributed by atoms with E-state index in [1.807, 2.05) is 32.8 Å². The van der Waals surface area contributed by atoms with Gasteiger partial charge in [0.05, 0.1) is 5.69 Å². The van der Waals surface area contributed by atoms with E-state index in [-0.39, 0.29) is 11.7 Å². The fourth-order valence-corrected chi connectivity index (χ4v) is 2.22. The zero-order valence-corrected chi connectivity index (χ0v) is 13.8. The van der Waals surface area contributed by atoms with E-state index in [0.29, 0.717) is 18.9 Å². The molecule has 0 aliphatic rings. The van der Waals surface area contributed by atoms with Crippen LogP contribution in [0.4, 0.5) is 14.5 Å². The highest BCUT2D eigenvalue weighted by atomic mass is 19.2. The van der Waals surface area contributed by atoms with E-state index >= 15 is 0 Å². The lowest BCUT2D eigenvalue weighted by molar-refractivity contribution is -0.136. The molecule has 2 amide bonds. The summed E-state index contributed by atoms with van der Waals surface area (Å²) in [5, 5.41) is 4.71. The molecule has 1 aromatic rings. The molecule has 0 aromatic heterocycles. The van der Waals surface area contributed by atoms with Crippen molar-refractivity contribution in [1.29, 1.82) is 0 Å². The third-order valence-electron chi connectivity index (χ3n) is 3.08. The van der Waals surface area contributed by atoms with Crippen molar-refractivity contribution in [2.45, 2.75) is 26.3 Å². The SMILES string of the molecule is CC(C)CC(CN(C)C)NC(=O)C(=O)Nc1cccc(F)c1F. The number of carbonyl (C=O) groups excluding carboxylic acids is 2. The first-order valence-corrected chi connectivity index (χ1v) is 7.41. The van der Waals surface area contributed by atoms with Crippen molar-refractivity contribution in [2.24, 2.45) is 5.92 Å². The van der Waals surface area contributed by atoms with Gasteiger partial charge in [-0.3, -0.25) is 9.59 Å². The Morgan fingerprint density at radius 3 is 2.39 bits per heavy atom. The summed E-state index contributed by atoms with van der Waals surface area (Å²) in [5.41, 5.74) is -0.363. The third kappa shape index (κ3) is 6.32. The molecule has 0 saturated heterocycles. The van der Waals surface area contributed by atoms with Crippen LogP contribution in [-0.2, 0) is 9.59 Å². The predicted molar refractivity (Wildman–Crippen MR) is 84.9 cm³/mol. The number of anilines is 1. The van der Waals surface area contributed by atoms with Crippen molar-refractivity contribution >= 4 is 17.5 Å². The highest BCUT2D eigenvalue weighted by Gasteiger charge is 2.21. The van der Waals surface area contributed by atoms with Gasteiger partial charge in [0.25, 0.3) is 0 Å². The smallest absolute Gasteiger partial charge is 0.313 e. The summed E-state index contributed by atoms with van der Waals surface area (Å²) in [6, 6.07) is 3.16. The van der Waals surface area contributed by atoms with Gasteiger partial charge in [-0.1, -0.05) is 19.9 Å². The fourth-order valence-electron chi connectivity index (χ4n) is 2.22. The number of benzene rings is 1. The summed E-state index contributed by atoms with van der Waals surface area (Å²) in [4.78, 5) is 25.7. The average molecular weight is 327 g/mol. The second-order valence-electron chi connectivity index (χ2n) is 6.12. The van der Waals surface area contributed by atoms with Gasteiger partial charge >= 0.3 is 11.8 Å². The van der Waals surface area contributed by atoms with E-state index in [4.69, 9.17) is 0 Å². The Bertz CT molecular complexity index is 552. The van der Waals surface area contributed by atoms with Gasteiger partial charge < -0.3 is 15.5 Å². The maximum atomic E-state index is 13.5. The Kier molecular flexibility index (Phi) is 7.09. The highest BCUT2D eigenvalue weighted by Crippen LogP contribution is 2.16. The third-order valence-corrected chi connectivity index (χ3v) is 3.08. The number of likely N-dealkylation sites (N-methyl/N-ethyl adjacent to an activating group) is 1. The second kappa shape index (κ2) is 8.57. The first-order chi connectivity index (χ1) is 10.7. The van der Waals surface area contributed by atoms with Gasteiger partial charge in [0, 0.05) is 12.6 Å². The first kappa shape index (κ1) is 19.0. The number of rotatable bonds is 6. The van der Waals surface area contributed by atoms with Crippen LogP contribution in [0.5, 0.6) is 0 Å². The first-order valence-electron chi connectivity index (χ1n) is 7.41. The number of carbonyl (C=O) groups is 2. The zero-order valence-electron chi connectivity index (χ0n) is 13.8. The zero-order chi connectivity index (χ0) is 17.6. The number of hydrogen-bond acceptors (Lipinski definition) is 3. The van der Waals surface area contributed by atoms with Gasteiger partial charge in [0.1, 0.15) is 0 Å². The molecular formula is C16H23F2N3O2. The molecule has 0 bridgehead atoms. The van der Waals surface area contributed by atoms with E-state index in [0.717, 1.165) is 6.07 Å². The van der Waals surface area contributed by atoms with Crippen LogP contribution < -0.4 is 10.6 Å². The van der Waals surface area contributed by atoms with Crippen molar-refractivity contribution in [2.75, 3.05) is 26.0 Å². The van der Waals surface area contributed by atoms with Crippen molar-refractivity contribution in [1.82, 2.24) is 10.2 Å². The molecule has 0 spiro atoms. The molecular weight excluding hydrogens is 304 g/mol. The van der Waals surface area contributed by atoms with Crippen molar-refractivity contribution in [3.8, 4) is 0 Å². The van der Waals surface area contributed by atoms with Gasteiger partial charge in [-0.25, -0.2) is 8.78 Å². The van der Waals surface area contributed by atoms with Crippen molar-refractivity contribution in [3.05, 3.63) is 29.8 Å². The van der Waals surface area contributed by atoms with E-state index in [9.17, 15) is 18.4 Å². The number of nitrogens with zero attached hydrogens (tertiary/aromatic N) is 1. The minimum Gasteiger partial charge on any atom is -0.344 e. The molecule has 0 saturated carbocycles. The lowest BCUT2D eigenvalue weighted by atomic mass is 10.0. The van der Waals surface area contributed by atoms with E-state index in [2.05, 4.69) is 10.6 Å².